The summed E-state index contributed by atoms with van der Waals surface area (Å²) in [6.07, 6.45) is 2.38. The summed E-state index contributed by atoms with van der Waals surface area (Å²) >= 11 is 0. The predicted octanol–water partition coefficient (Wildman–Crippen LogP) is 2.55. The fourth-order valence-corrected chi connectivity index (χ4v) is 2.36. The number of benzene rings is 1. The number of rotatable bonds is 6. The molecule has 0 fully saturated rings. The summed E-state index contributed by atoms with van der Waals surface area (Å²) in [5, 5.41) is 15.0. The Bertz CT molecular complexity index is 627. The van der Waals surface area contributed by atoms with Gasteiger partial charge in [-0.3, -0.25) is 4.98 Å². The quantitative estimate of drug-likeness (QED) is 0.767. The summed E-state index contributed by atoms with van der Waals surface area (Å²) in [7, 11) is 0. The van der Waals surface area contributed by atoms with E-state index in [2.05, 4.69) is 15.6 Å². The second kappa shape index (κ2) is 8.29. The van der Waals surface area contributed by atoms with Crippen LogP contribution in [0.4, 0.5) is 4.79 Å². The van der Waals surface area contributed by atoms with E-state index in [1.807, 2.05) is 56.3 Å². The first-order chi connectivity index (χ1) is 11.1. The Labute approximate surface area is 136 Å². The molecule has 122 valence electrons. The molecule has 1 heterocycles. The van der Waals surface area contributed by atoms with Gasteiger partial charge in [-0.15, -0.1) is 0 Å². The lowest BCUT2D eigenvalue weighted by atomic mass is 10.0. The second-order valence-electron chi connectivity index (χ2n) is 5.51. The molecule has 5 nitrogen and oxygen atoms in total. The molecule has 3 N–H and O–H groups in total. The Morgan fingerprint density at radius 2 is 2.04 bits per heavy atom. The highest BCUT2D eigenvalue weighted by molar-refractivity contribution is 5.75. The fraction of sp³-hybridized carbons (Fsp3) is 0.333. The highest BCUT2D eigenvalue weighted by atomic mass is 16.3. The van der Waals surface area contributed by atoms with Crippen LogP contribution in [-0.4, -0.2) is 28.8 Å². The van der Waals surface area contributed by atoms with Crippen molar-refractivity contribution < 1.29 is 9.90 Å². The van der Waals surface area contributed by atoms with Gasteiger partial charge in [0.25, 0.3) is 0 Å². The molecule has 0 saturated carbocycles. The van der Waals surface area contributed by atoms with E-state index in [0.717, 1.165) is 16.8 Å². The van der Waals surface area contributed by atoms with Crippen molar-refractivity contribution in [3.8, 4) is 0 Å². The van der Waals surface area contributed by atoms with E-state index in [1.54, 1.807) is 6.20 Å². The second-order valence-corrected chi connectivity index (χ2v) is 5.51. The van der Waals surface area contributed by atoms with Gasteiger partial charge in [0.05, 0.1) is 24.4 Å². The predicted molar refractivity (Wildman–Crippen MR) is 90.1 cm³/mol. The number of nitrogens with one attached hydrogen (secondary N) is 2. The van der Waals surface area contributed by atoms with Crippen LogP contribution in [0.1, 0.15) is 36.2 Å². The van der Waals surface area contributed by atoms with Crippen LogP contribution in [0.25, 0.3) is 0 Å². The third-order valence-corrected chi connectivity index (χ3v) is 3.68. The molecule has 0 aliphatic rings. The van der Waals surface area contributed by atoms with Gasteiger partial charge in [-0.05, 0) is 31.0 Å². The average molecular weight is 313 g/mol. The van der Waals surface area contributed by atoms with Crippen molar-refractivity contribution in [2.24, 2.45) is 0 Å². The SMILES string of the molecule is CCC(CO)NC(=O)NC(c1cccc(C)c1)c1ccccn1. The molecule has 1 aromatic carbocycles. The zero-order chi connectivity index (χ0) is 16.7. The molecule has 2 atom stereocenters. The van der Waals surface area contributed by atoms with Gasteiger partial charge in [-0.2, -0.15) is 0 Å². The summed E-state index contributed by atoms with van der Waals surface area (Å²) in [5.74, 6) is 0. The molecule has 2 unspecified atom stereocenters. The number of pyridine rings is 1. The molecule has 0 saturated heterocycles. The summed E-state index contributed by atoms with van der Waals surface area (Å²) in [5.41, 5.74) is 2.86. The number of hydrogen-bond acceptors (Lipinski definition) is 3. The molecule has 2 amide bonds. The van der Waals surface area contributed by atoms with Gasteiger partial charge in [-0.1, -0.05) is 42.8 Å². The zero-order valence-corrected chi connectivity index (χ0v) is 13.5. The molecule has 1 aromatic heterocycles. The Morgan fingerprint density at radius 3 is 2.65 bits per heavy atom. The van der Waals surface area contributed by atoms with Crippen LogP contribution in [0.3, 0.4) is 0 Å². The molecule has 2 rings (SSSR count). The largest absolute Gasteiger partial charge is 0.394 e. The number of hydrogen-bond donors (Lipinski definition) is 3. The van der Waals surface area contributed by atoms with Crippen LogP contribution in [0.2, 0.25) is 0 Å². The number of carbonyl (C=O) groups excluding carboxylic acids is 1. The average Bonchev–Trinajstić information content (AvgIpc) is 2.58. The standard InChI is InChI=1S/C18H23N3O2/c1-3-15(12-22)20-18(23)21-17(16-9-4-5-10-19-16)14-8-6-7-13(2)11-14/h4-11,15,17,22H,3,12H2,1-2H3,(H2,20,21,23). The van der Waals surface area contributed by atoms with Crippen molar-refractivity contribution in [1.29, 1.82) is 0 Å². The van der Waals surface area contributed by atoms with Crippen LogP contribution in [0, 0.1) is 6.92 Å². The number of aryl methyl sites for hydroxylation is 1. The lowest BCUT2D eigenvalue weighted by Crippen LogP contribution is -2.45. The third kappa shape index (κ3) is 4.79. The van der Waals surface area contributed by atoms with Gasteiger partial charge >= 0.3 is 6.03 Å². The number of nitrogens with zero attached hydrogens (tertiary/aromatic N) is 1. The topological polar surface area (TPSA) is 74.2 Å². The van der Waals surface area contributed by atoms with Crippen LogP contribution in [-0.2, 0) is 0 Å². The van der Waals surface area contributed by atoms with Crippen molar-refractivity contribution in [3.05, 3.63) is 65.5 Å². The van der Waals surface area contributed by atoms with E-state index in [9.17, 15) is 9.90 Å². The van der Waals surface area contributed by atoms with E-state index in [1.165, 1.54) is 0 Å². The molecule has 2 aromatic rings. The molecule has 0 aliphatic carbocycles. The normalized spacial score (nSPS) is 13.2. The smallest absolute Gasteiger partial charge is 0.315 e. The maximum Gasteiger partial charge on any atom is 0.315 e. The van der Waals surface area contributed by atoms with E-state index in [0.29, 0.717) is 6.42 Å². The number of carbonyl (C=O) groups is 1. The van der Waals surface area contributed by atoms with Crippen LogP contribution in [0.15, 0.2) is 48.7 Å². The summed E-state index contributed by atoms with van der Waals surface area (Å²) in [6, 6.07) is 12.7. The maximum absolute atomic E-state index is 12.3. The minimum Gasteiger partial charge on any atom is -0.394 e. The van der Waals surface area contributed by atoms with Gasteiger partial charge < -0.3 is 15.7 Å². The summed E-state index contributed by atoms with van der Waals surface area (Å²) < 4.78 is 0. The molecular weight excluding hydrogens is 290 g/mol. The number of aliphatic hydroxyl groups is 1. The van der Waals surface area contributed by atoms with E-state index in [-0.39, 0.29) is 24.7 Å². The first kappa shape index (κ1) is 17.0. The maximum atomic E-state index is 12.3. The first-order valence-electron chi connectivity index (χ1n) is 7.79. The number of amides is 2. The Morgan fingerprint density at radius 1 is 1.22 bits per heavy atom. The van der Waals surface area contributed by atoms with Crippen molar-refractivity contribution in [2.45, 2.75) is 32.4 Å². The van der Waals surface area contributed by atoms with Gasteiger partial charge in [0.1, 0.15) is 0 Å². The lowest BCUT2D eigenvalue weighted by molar-refractivity contribution is 0.213. The minimum atomic E-state index is -0.340. The van der Waals surface area contributed by atoms with Crippen molar-refractivity contribution in [1.82, 2.24) is 15.6 Å². The molecule has 0 radical (unpaired) electrons. The summed E-state index contributed by atoms with van der Waals surface area (Å²) in [4.78, 5) is 16.6. The Hall–Kier alpha value is -2.40. The zero-order valence-electron chi connectivity index (χ0n) is 13.5. The Balaban J connectivity index is 2.23. The van der Waals surface area contributed by atoms with Crippen molar-refractivity contribution in [2.75, 3.05) is 6.61 Å². The molecule has 0 bridgehead atoms. The van der Waals surface area contributed by atoms with Gasteiger partial charge in [0.15, 0.2) is 0 Å². The van der Waals surface area contributed by atoms with E-state index >= 15 is 0 Å². The van der Waals surface area contributed by atoms with E-state index in [4.69, 9.17) is 0 Å². The highest BCUT2D eigenvalue weighted by Gasteiger charge is 2.19. The van der Waals surface area contributed by atoms with Gasteiger partial charge in [-0.25, -0.2) is 4.79 Å². The van der Waals surface area contributed by atoms with Crippen molar-refractivity contribution in [3.63, 3.8) is 0 Å². The van der Waals surface area contributed by atoms with Gasteiger partial charge in [0.2, 0.25) is 0 Å². The van der Waals surface area contributed by atoms with E-state index < -0.39 is 0 Å². The Kier molecular flexibility index (Phi) is 6.11. The first-order valence-corrected chi connectivity index (χ1v) is 7.79. The lowest BCUT2D eigenvalue weighted by Gasteiger charge is -2.21. The van der Waals surface area contributed by atoms with Crippen LogP contribution >= 0.6 is 0 Å². The minimum absolute atomic E-state index is 0.0807. The molecule has 0 spiro atoms. The van der Waals surface area contributed by atoms with Crippen LogP contribution < -0.4 is 10.6 Å². The summed E-state index contributed by atoms with van der Waals surface area (Å²) in [6.45, 7) is 3.85. The number of urea groups is 1. The van der Waals surface area contributed by atoms with Gasteiger partial charge in [0, 0.05) is 6.20 Å². The number of aliphatic hydroxyl groups excluding tert-OH is 1. The number of aromatic nitrogens is 1. The molecule has 0 aliphatic heterocycles. The molecule has 5 heteroatoms. The monoisotopic (exact) mass is 313 g/mol. The van der Waals surface area contributed by atoms with Crippen LogP contribution in [0.5, 0.6) is 0 Å². The fourth-order valence-electron chi connectivity index (χ4n) is 2.36. The third-order valence-electron chi connectivity index (χ3n) is 3.68. The molecule has 23 heavy (non-hydrogen) atoms. The van der Waals surface area contributed by atoms with Crippen molar-refractivity contribution >= 4 is 6.03 Å². The molecular formula is C18H23N3O2. The highest BCUT2D eigenvalue weighted by Crippen LogP contribution is 2.21.